The summed E-state index contributed by atoms with van der Waals surface area (Å²) in [5.74, 6) is 0. The van der Waals surface area contributed by atoms with Crippen molar-refractivity contribution >= 4 is 12.2 Å². The molecule has 0 unspecified atom stereocenters. The summed E-state index contributed by atoms with van der Waals surface area (Å²) >= 11 is 0. The van der Waals surface area contributed by atoms with Crippen LogP contribution in [0.1, 0.15) is 29.7 Å². The van der Waals surface area contributed by atoms with Crippen molar-refractivity contribution in [3.05, 3.63) is 77.9 Å². The molecular formula is C19H21NO3. The smallest absolute Gasteiger partial charge is 0.407 e. The number of amides is 1. The van der Waals surface area contributed by atoms with Gasteiger partial charge in [0, 0.05) is 6.54 Å². The van der Waals surface area contributed by atoms with Crippen LogP contribution in [0.2, 0.25) is 0 Å². The van der Waals surface area contributed by atoms with E-state index in [-0.39, 0.29) is 0 Å². The van der Waals surface area contributed by atoms with Crippen LogP contribution in [0.25, 0.3) is 6.08 Å². The lowest BCUT2D eigenvalue weighted by Gasteiger charge is -2.21. The normalized spacial score (nSPS) is 13.0. The van der Waals surface area contributed by atoms with Crippen LogP contribution in [0.15, 0.2) is 61.2 Å². The zero-order valence-corrected chi connectivity index (χ0v) is 13.1. The molecule has 0 aliphatic carbocycles. The molecule has 0 saturated heterocycles. The highest BCUT2D eigenvalue weighted by Crippen LogP contribution is 2.23. The zero-order chi connectivity index (χ0) is 16.7. The number of carbonyl (C=O) groups is 1. The minimum absolute atomic E-state index is 0.381. The third-order valence-electron chi connectivity index (χ3n) is 3.55. The van der Waals surface area contributed by atoms with E-state index in [1.54, 1.807) is 19.1 Å². The van der Waals surface area contributed by atoms with Gasteiger partial charge in [-0.25, -0.2) is 4.79 Å². The summed E-state index contributed by atoms with van der Waals surface area (Å²) in [4.78, 5) is 11.9. The van der Waals surface area contributed by atoms with E-state index in [4.69, 9.17) is 4.74 Å². The van der Waals surface area contributed by atoms with Crippen LogP contribution >= 0.6 is 0 Å². The average molecular weight is 311 g/mol. The van der Waals surface area contributed by atoms with Gasteiger partial charge in [0.1, 0.15) is 12.2 Å². The summed E-state index contributed by atoms with van der Waals surface area (Å²) in [6, 6.07) is 16.9. The first kappa shape index (κ1) is 16.8. The van der Waals surface area contributed by atoms with Gasteiger partial charge in [-0.05, 0) is 23.6 Å². The molecule has 0 heterocycles. The quantitative estimate of drug-likeness (QED) is 0.855. The second kappa shape index (κ2) is 8.15. The Morgan fingerprint density at radius 1 is 1.22 bits per heavy atom. The predicted octanol–water partition coefficient (Wildman–Crippen LogP) is 3.68. The Labute approximate surface area is 136 Å². The molecule has 0 fully saturated rings. The number of hydrogen-bond donors (Lipinski definition) is 2. The van der Waals surface area contributed by atoms with Crippen molar-refractivity contribution < 1.29 is 14.6 Å². The van der Waals surface area contributed by atoms with Crippen molar-refractivity contribution in [1.82, 2.24) is 5.32 Å². The van der Waals surface area contributed by atoms with Crippen molar-refractivity contribution in [3.8, 4) is 0 Å². The third kappa shape index (κ3) is 4.69. The van der Waals surface area contributed by atoms with Gasteiger partial charge >= 0.3 is 6.09 Å². The maximum atomic E-state index is 11.9. The van der Waals surface area contributed by atoms with Crippen LogP contribution < -0.4 is 5.32 Å². The average Bonchev–Trinajstić information content (AvgIpc) is 2.60. The van der Waals surface area contributed by atoms with Crippen LogP contribution in [0.4, 0.5) is 4.79 Å². The fourth-order valence-electron chi connectivity index (χ4n) is 2.26. The minimum Gasteiger partial charge on any atom is -0.443 e. The van der Waals surface area contributed by atoms with E-state index in [1.807, 2.05) is 48.5 Å². The molecule has 0 saturated carbocycles. The predicted molar refractivity (Wildman–Crippen MR) is 90.7 cm³/mol. The van der Waals surface area contributed by atoms with Crippen LogP contribution in [0.5, 0.6) is 0 Å². The fourth-order valence-corrected chi connectivity index (χ4v) is 2.26. The number of carbonyl (C=O) groups excluding carboxylic acids is 1. The summed E-state index contributed by atoms with van der Waals surface area (Å²) in [6.07, 6.45) is -0.476. The van der Waals surface area contributed by atoms with Crippen LogP contribution in [-0.2, 0) is 11.3 Å². The molecular weight excluding hydrogens is 290 g/mol. The molecule has 0 radical (unpaired) electrons. The molecule has 0 bridgehead atoms. The molecule has 1 amide bonds. The number of benzene rings is 2. The van der Waals surface area contributed by atoms with Gasteiger partial charge < -0.3 is 15.2 Å². The van der Waals surface area contributed by atoms with Gasteiger partial charge in [0.15, 0.2) is 0 Å². The molecule has 2 aromatic rings. The maximum Gasteiger partial charge on any atom is 0.407 e. The Balaban J connectivity index is 1.91. The van der Waals surface area contributed by atoms with E-state index in [2.05, 4.69) is 11.9 Å². The Morgan fingerprint density at radius 3 is 2.57 bits per heavy atom. The Bertz CT molecular complexity index is 655. The van der Waals surface area contributed by atoms with E-state index in [0.717, 1.165) is 11.1 Å². The first-order valence-corrected chi connectivity index (χ1v) is 7.49. The van der Waals surface area contributed by atoms with Crippen molar-refractivity contribution in [3.63, 3.8) is 0 Å². The molecule has 2 aromatic carbocycles. The van der Waals surface area contributed by atoms with Gasteiger partial charge in [-0.3, -0.25) is 0 Å². The summed E-state index contributed by atoms with van der Waals surface area (Å²) in [5.41, 5.74) is 2.49. The van der Waals surface area contributed by atoms with Crippen molar-refractivity contribution in [2.75, 3.05) is 0 Å². The molecule has 4 heteroatoms. The molecule has 2 atom stereocenters. The topological polar surface area (TPSA) is 58.6 Å². The lowest BCUT2D eigenvalue weighted by atomic mass is 9.99. The maximum absolute atomic E-state index is 11.9. The van der Waals surface area contributed by atoms with Crippen LogP contribution in [0, 0.1) is 0 Å². The second-order valence-electron chi connectivity index (χ2n) is 5.23. The van der Waals surface area contributed by atoms with Gasteiger partial charge in [-0.1, -0.05) is 67.3 Å². The van der Waals surface area contributed by atoms with E-state index in [9.17, 15) is 9.90 Å². The Hall–Kier alpha value is -2.59. The number of ether oxygens (including phenoxy) is 1. The van der Waals surface area contributed by atoms with Crippen LogP contribution in [0.3, 0.4) is 0 Å². The molecule has 4 nitrogen and oxygen atoms in total. The molecule has 0 aromatic heterocycles. The summed E-state index contributed by atoms with van der Waals surface area (Å²) in [7, 11) is 0. The fraction of sp³-hybridized carbons (Fsp3) is 0.211. The molecule has 0 aliphatic rings. The molecule has 0 aliphatic heterocycles. The van der Waals surface area contributed by atoms with Crippen molar-refractivity contribution in [2.45, 2.75) is 25.7 Å². The highest BCUT2D eigenvalue weighted by Gasteiger charge is 2.21. The Morgan fingerprint density at radius 2 is 1.87 bits per heavy atom. The van der Waals surface area contributed by atoms with E-state index in [1.165, 1.54) is 0 Å². The molecule has 2 N–H and O–H groups in total. The first-order chi connectivity index (χ1) is 11.1. The molecule has 23 heavy (non-hydrogen) atoms. The van der Waals surface area contributed by atoms with Gasteiger partial charge in [0.2, 0.25) is 0 Å². The Kier molecular flexibility index (Phi) is 5.94. The largest absolute Gasteiger partial charge is 0.443 e. The van der Waals surface area contributed by atoms with E-state index >= 15 is 0 Å². The van der Waals surface area contributed by atoms with Gasteiger partial charge in [0.25, 0.3) is 0 Å². The van der Waals surface area contributed by atoms with Crippen molar-refractivity contribution in [2.24, 2.45) is 0 Å². The number of aliphatic hydroxyl groups is 1. The highest BCUT2D eigenvalue weighted by molar-refractivity contribution is 5.67. The number of rotatable bonds is 6. The number of aliphatic hydroxyl groups excluding tert-OH is 1. The lowest BCUT2D eigenvalue weighted by Crippen LogP contribution is -2.30. The van der Waals surface area contributed by atoms with Gasteiger partial charge in [-0.15, -0.1) is 0 Å². The van der Waals surface area contributed by atoms with E-state index in [0.29, 0.717) is 12.1 Å². The minimum atomic E-state index is -0.910. The molecule has 2 rings (SSSR count). The standard InChI is InChI=1S/C19H21NO3/c1-3-16-11-7-8-12-17(16)18(21)14(2)23-19(22)20-13-15-9-5-4-6-10-15/h3-12,14,18,21H,1,13H2,2H3,(H,20,22)/t14-,18+/m1/s1. The number of alkyl carbamates (subject to hydrolysis) is 1. The SMILES string of the molecule is C=Cc1ccccc1[C@@H](O)[C@@H](C)OC(=O)NCc1ccccc1. The molecule has 0 spiro atoms. The van der Waals surface area contributed by atoms with Crippen molar-refractivity contribution in [1.29, 1.82) is 0 Å². The highest BCUT2D eigenvalue weighted by atomic mass is 16.6. The third-order valence-corrected chi connectivity index (χ3v) is 3.55. The van der Waals surface area contributed by atoms with E-state index < -0.39 is 18.3 Å². The monoisotopic (exact) mass is 311 g/mol. The summed E-state index contributed by atoms with van der Waals surface area (Å²) < 4.78 is 5.25. The number of hydrogen-bond acceptors (Lipinski definition) is 3. The van der Waals surface area contributed by atoms with Gasteiger partial charge in [-0.2, -0.15) is 0 Å². The van der Waals surface area contributed by atoms with Gasteiger partial charge in [0.05, 0.1) is 0 Å². The first-order valence-electron chi connectivity index (χ1n) is 7.49. The lowest BCUT2D eigenvalue weighted by molar-refractivity contribution is 0.0116. The number of nitrogens with one attached hydrogen (secondary N) is 1. The zero-order valence-electron chi connectivity index (χ0n) is 13.1. The molecule has 120 valence electrons. The summed E-state index contributed by atoms with van der Waals surface area (Å²) in [5, 5.41) is 13.1. The summed E-state index contributed by atoms with van der Waals surface area (Å²) in [6.45, 7) is 5.77. The second-order valence-corrected chi connectivity index (χ2v) is 5.23. The van der Waals surface area contributed by atoms with Crippen LogP contribution in [-0.4, -0.2) is 17.3 Å².